The van der Waals surface area contributed by atoms with Gasteiger partial charge in [-0.3, -0.25) is 0 Å². The summed E-state index contributed by atoms with van der Waals surface area (Å²) >= 11 is 12.0. The maximum Gasteiger partial charge on any atom is 0.175 e. The van der Waals surface area contributed by atoms with Crippen molar-refractivity contribution in [1.29, 1.82) is 0 Å². The van der Waals surface area contributed by atoms with E-state index in [2.05, 4.69) is 5.32 Å². The number of hydrogen-bond donors (Lipinski definition) is 2. The van der Waals surface area contributed by atoms with Crippen LogP contribution in [-0.4, -0.2) is 33.4 Å². The highest BCUT2D eigenvalue weighted by Gasteiger charge is 2.24. The van der Waals surface area contributed by atoms with Gasteiger partial charge in [-0.15, -0.1) is 0 Å². The number of rotatable bonds is 6. The van der Waals surface area contributed by atoms with Crippen LogP contribution in [0.1, 0.15) is 23.1 Å². The third-order valence-electron chi connectivity index (χ3n) is 3.80. The maximum absolute atomic E-state index is 11.7. The smallest absolute Gasteiger partial charge is 0.175 e. The van der Waals surface area contributed by atoms with Crippen molar-refractivity contribution in [1.82, 2.24) is 5.32 Å². The van der Waals surface area contributed by atoms with Crippen LogP contribution in [0.3, 0.4) is 0 Å². The molecule has 0 aliphatic carbocycles. The third-order valence-corrected chi connectivity index (χ3v) is 5.65. The molecule has 0 heterocycles. The van der Waals surface area contributed by atoms with Crippen LogP contribution in [0.25, 0.3) is 0 Å². The molecular formula is C17H19Cl2NO3S. The topological polar surface area (TPSA) is 66.4 Å². The number of benzene rings is 2. The molecule has 2 rings (SSSR count). The van der Waals surface area contributed by atoms with Crippen molar-refractivity contribution in [2.45, 2.75) is 16.9 Å². The summed E-state index contributed by atoms with van der Waals surface area (Å²) in [4.78, 5) is 0.177. The monoisotopic (exact) mass is 387 g/mol. The summed E-state index contributed by atoms with van der Waals surface area (Å²) in [7, 11) is -1.56. The average molecular weight is 388 g/mol. The minimum atomic E-state index is -3.34. The van der Waals surface area contributed by atoms with Gasteiger partial charge in [0.15, 0.2) is 9.84 Å². The van der Waals surface area contributed by atoms with E-state index in [1.807, 2.05) is 0 Å². The zero-order valence-electron chi connectivity index (χ0n) is 13.3. The first kappa shape index (κ1) is 19.2. The molecule has 0 saturated carbocycles. The molecule has 0 saturated heterocycles. The lowest BCUT2D eigenvalue weighted by Gasteiger charge is -2.24. The van der Waals surface area contributed by atoms with Gasteiger partial charge in [-0.25, -0.2) is 8.42 Å². The van der Waals surface area contributed by atoms with Gasteiger partial charge in [0.05, 0.1) is 21.0 Å². The van der Waals surface area contributed by atoms with Crippen molar-refractivity contribution in [2.75, 3.05) is 19.8 Å². The Morgan fingerprint density at radius 2 is 1.79 bits per heavy atom. The molecule has 7 heteroatoms. The Hall–Kier alpha value is -1.11. The average Bonchev–Trinajstić information content (AvgIpc) is 2.54. The Bertz CT molecular complexity index is 824. The molecule has 24 heavy (non-hydrogen) atoms. The summed E-state index contributed by atoms with van der Waals surface area (Å²) in [5.74, 6) is -0.306. The highest BCUT2D eigenvalue weighted by molar-refractivity contribution is 7.90. The Kier molecular flexibility index (Phi) is 6.28. The minimum Gasteiger partial charge on any atom is -0.388 e. The molecule has 2 atom stereocenters. The zero-order valence-corrected chi connectivity index (χ0v) is 15.7. The predicted molar refractivity (Wildman–Crippen MR) is 97.6 cm³/mol. The van der Waals surface area contributed by atoms with Gasteiger partial charge in [0.1, 0.15) is 0 Å². The summed E-state index contributed by atoms with van der Waals surface area (Å²) in [5.41, 5.74) is 1.35. The Morgan fingerprint density at radius 1 is 1.08 bits per heavy atom. The van der Waals surface area contributed by atoms with E-state index >= 15 is 0 Å². The van der Waals surface area contributed by atoms with Crippen LogP contribution in [0.4, 0.5) is 0 Å². The molecule has 130 valence electrons. The second-order valence-electron chi connectivity index (χ2n) is 5.63. The molecule has 0 bridgehead atoms. The lowest BCUT2D eigenvalue weighted by Crippen LogP contribution is -2.23. The van der Waals surface area contributed by atoms with Gasteiger partial charge in [0.2, 0.25) is 0 Å². The van der Waals surface area contributed by atoms with Gasteiger partial charge in [0, 0.05) is 18.7 Å². The zero-order chi connectivity index (χ0) is 17.9. The van der Waals surface area contributed by atoms with Gasteiger partial charge in [0.25, 0.3) is 0 Å². The summed E-state index contributed by atoms with van der Waals surface area (Å²) < 4.78 is 23.5. The van der Waals surface area contributed by atoms with E-state index < -0.39 is 15.9 Å². The van der Waals surface area contributed by atoms with Crippen LogP contribution < -0.4 is 5.32 Å². The fourth-order valence-corrected chi connectivity index (χ4v) is 3.52. The highest BCUT2D eigenvalue weighted by atomic mass is 35.5. The SMILES string of the molecule is CNCC(c1ccc(Cl)c(Cl)c1)[C@H](O)c1cccc(S(C)(=O)=O)c1. The van der Waals surface area contributed by atoms with Crippen LogP contribution >= 0.6 is 23.2 Å². The molecule has 1 unspecified atom stereocenters. The van der Waals surface area contributed by atoms with Gasteiger partial charge < -0.3 is 10.4 Å². The molecule has 0 aromatic heterocycles. The van der Waals surface area contributed by atoms with E-state index in [1.54, 1.807) is 37.4 Å². The summed E-state index contributed by atoms with van der Waals surface area (Å²) in [6.07, 6.45) is 0.249. The minimum absolute atomic E-state index is 0.177. The summed E-state index contributed by atoms with van der Waals surface area (Å²) in [6, 6.07) is 11.6. The van der Waals surface area contributed by atoms with Crippen LogP contribution in [0.15, 0.2) is 47.4 Å². The van der Waals surface area contributed by atoms with E-state index in [-0.39, 0.29) is 10.8 Å². The highest BCUT2D eigenvalue weighted by Crippen LogP contribution is 2.34. The fourth-order valence-electron chi connectivity index (χ4n) is 2.54. The van der Waals surface area contributed by atoms with Crippen molar-refractivity contribution in [3.63, 3.8) is 0 Å². The summed E-state index contributed by atoms with van der Waals surface area (Å²) in [5, 5.41) is 14.7. The van der Waals surface area contributed by atoms with Crippen molar-refractivity contribution in [3.05, 3.63) is 63.6 Å². The van der Waals surface area contributed by atoms with Crippen LogP contribution in [0, 0.1) is 0 Å². The molecular weight excluding hydrogens is 369 g/mol. The van der Waals surface area contributed by atoms with Crippen molar-refractivity contribution in [2.24, 2.45) is 0 Å². The number of halogens is 2. The van der Waals surface area contributed by atoms with E-state index in [4.69, 9.17) is 23.2 Å². The molecule has 2 N–H and O–H groups in total. The van der Waals surface area contributed by atoms with Crippen molar-refractivity contribution >= 4 is 33.0 Å². The molecule has 0 aliphatic heterocycles. The fraction of sp³-hybridized carbons (Fsp3) is 0.294. The van der Waals surface area contributed by atoms with E-state index in [0.717, 1.165) is 11.8 Å². The lowest BCUT2D eigenvalue weighted by atomic mass is 9.89. The van der Waals surface area contributed by atoms with E-state index in [1.165, 1.54) is 12.1 Å². The normalized spacial score (nSPS) is 14.4. The second kappa shape index (κ2) is 7.85. The first-order valence-corrected chi connectivity index (χ1v) is 9.96. The predicted octanol–water partition coefficient (Wildman–Crippen LogP) is 3.43. The molecule has 0 radical (unpaired) electrons. The van der Waals surface area contributed by atoms with E-state index in [9.17, 15) is 13.5 Å². The Labute approximate surface area is 152 Å². The Morgan fingerprint density at radius 3 is 2.38 bits per heavy atom. The number of likely N-dealkylation sites (N-methyl/N-ethyl adjacent to an activating group) is 1. The molecule has 4 nitrogen and oxygen atoms in total. The number of hydrogen-bond acceptors (Lipinski definition) is 4. The maximum atomic E-state index is 11.7. The van der Waals surface area contributed by atoms with E-state index in [0.29, 0.717) is 22.2 Å². The molecule has 0 fully saturated rings. The largest absolute Gasteiger partial charge is 0.388 e. The van der Waals surface area contributed by atoms with Gasteiger partial charge in [-0.1, -0.05) is 41.4 Å². The standard InChI is InChI=1S/C17H19Cl2NO3S/c1-20-10-14(11-6-7-15(18)16(19)9-11)17(21)12-4-3-5-13(8-12)24(2,22)23/h3-9,14,17,20-21H,10H2,1-2H3/t14?,17-/m1/s1. The van der Waals surface area contributed by atoms with Gasteiger partial charge >= 0.3 is 0 Å². The molecule has 0 spiro atoms. The summed E-state index contributed by atoms with van der Waals surface area (Å²) in [6.45, 7) is 0.488. The Balaban J connectivity index is 2.42. The molecule has 2 aromatic carbocycles. The van der Waals surface area contributed by atoms with Crippen LogP contribution in [0.5, 0.6) is 0 Å². The first-order valence-electron chi connectivity index (χ1n) is 7.31. The number of aliphatic hydroxyl groups is 1. The van der Waals surface area contributed by atoms with Gasteiger partial charge in [-0.05, 0) is 42.4 Å². The van der Waals surface area contributed by atoms with Crippen molar-refractivity contribution < 1.29 is 13.5 Å². The molecule has 2 aromatic rings. The first-order chi connectivity index (χ1) is 11.2. The lowest BCUT2D eigenvalue weighted by molar-refractivity contribution is 0.144. The third kappa shape index (κ3) is 4.49. The van der Waals surface area contributed by atoms with Crippen LogP contribution in [-0.2, 0) is 9.84 Å². The molecule has 0 amide bonds. The van der Waals surface area contributed by atoms with Gasteiger partial charge in [-0.2, -0.15) is 0 Å². The van der Waals surface area contributed by atoms with Crippen LogP contribution in [0.2, 0.25) is 10.0 Å². The number of nitrogens with one attached hydrogen (secondary N) is 1. The number of aliphatic hydroxyl groups excluding tert-OH is 1. The quantitative estimate of drug-likeness (QED) is 0.796. The number of sulfone groups is 1. The van der Waals surface area contributed by atoms with Crippen molar-refractivity contribution in [3.8, 4) is 0 Å². The second-order valence-corrected chi connectivity index (χ2v) is 8.46. The molecule has 0 aliphatic rings.